The van der Waals surface area contributed by atoms with Gasteiger partial charge in [-0.1, -0.05) is 24.3 Å². The molecule has 0 aliphatic carbocycles. The zero-order chi connectivity index (χ0) is 34.4. The first kappa shape index (κ1) is 32.1. The molecule has 0 spiro atoms. The van der Waals surface area contributed by atoms with E-state index >= 15 is 4.39 Å². The Hall–Kier alpha value is -5.17. The Labute approximate surface area is 289 Å². The Morgan fingerprint density at radius 3 is 2.36 bits per heavy atom. The summed E-state index contributed by atoms with van der Waals surface area (Å²) in [6.45, 7) is 3.93. The van der Waals surface area contributed by atoms with Gasteiger partial charge in [0.15, 0.2) is 5.82 Å². The van der Waals surface area contributed by atoms with Crippen molar-refractivity contribution in [2.75, 3.05) is 41.7 Å². The largest absolute Gasteiger partial charge is 0.507 e. The van der Waals surface area contributed by atoms with Crippen LogP contribution >= 0.6 is 0 Å². The number of anilines is 3. The van der Waals surface area contributed by atoms with E-state index in [1.807, 2.05) is 36.7 Å². The summed E-state index contributed by atoms with van der Waals surface area (Å²) in [5.74, 6) is -0.0932. The van der Waals surface area contributed by atoms with Gasteiger partial charge in [-0.25, -0.2) is 14.4 Å². The number of carbonyl (C=O) groups is 2. The molecule has 12 nitrogen and oxygen atoms in total. The molecule has 2 bridgehead atoms. The third kappa shape index (κ3) is 6.21. The Kier molecular flexibility index (Phi) is 8.51. The lowest BCUT2D eigenvalue weighted by atomic mass is 9.89. The molecule has 6 heterocycles. The zero-order valence-electron chi connectivity index (χ0n) is 27.7. The number of benzene rings is 2. The molecular weight excluding hydrogens is 637 g/mol. The second-order valence-electron chi connectivity index (χ2n) is 13.9. The summed E-state index contributed by atoms with van der Waals surface area (Å²) in [6.07, 6.45) is 8.55. The predicted molar refractivity (Wildman–Crippen MR) is 186 cm³/mol. The van der Waals surface area contributed by atoms with Crippen molar-refractivity contribution in [1.82, 2.24) is 30.4 Å². The minimum absolute atomic E-state index is 0.154. The van der Waals surface area contributed by atoms with Crippen LogP contribution in [0.15, 0.2) is 60.9 Å². The molecule has 4 saturated heterocycles. The predicted octanol–water partition coefficient (Wildman–Crippen LogP) is 4.12. The van der Waals surface area contributed by atoms with Crippen LogP contribution in [0, 0.1) is 5.82 Å². The quantitative estimate of drug-likeness (QED) is 0.242. The first-order valence-electron chi connectivity index (χ1n) is 17.4. The molecular formula is C37H40FN9O3. The maximum atomic E-state index is 15.0. The summed E-state index contributed by atoms with van der Waals surface area (Å²) in [5, 5.41) is 21.1. The van der Waals surface area contributed by atoms with Gasteiger partial charge in [-0.05, 0) is 86.5 Å². The van der Waals surface area contributed by atoms with E-state index in [1.54, 1.807) is 18.2 Å². The van der Waals surface area contributed by atoms with E-state index in [0.29, 0.717) is 41.5 Å². The number of hydrogen-bond acceptors (Lipinski definition) is 11. The second kappa shape index (κ2) is 13.3. The SMILES string of the molecule is Nc1nnc(-c2ccccc2O)cc1N1CC2CCC(C1)N2c1ncc(C2CCN(Cc3ccc(C4CCC(=O)NC4=O)c(F)c3)CC2)cn1. The monoisotopic (exact) mass is 677 g/mol. The van der Waals surface area contributed by atoms with Crippen LogP contribution in [0.5, 0.6) is 5.75 Å². The standard InChI is InChI=1S/C37H40FN9O3/c38-30-15-22(5-8-27(30)28-9-10-34(49)42-36(28)50)19-45-13-11-23(12-14-45)24-17-40-37(41-18-24)47-25-6-7-26(47)21-46(20-25)32-16-31(43-44-35(32)39)29-3-1-2-4-33(29)48/h1-5,8,15-18,23,25-26,28,48H,6-7,9-14,19-21H2,(H2,39,44)(H,42,49,50). The van der Waals surface area contributed by atoms with E-state index in [4.69, 9.17) is 15.7 Å². The molecule has 50 heavy (non-hydrogen) atoms. The van der Waals surface area contributed by atoms with E-state index in [9.17, 15) is 14.7 Å². The van der Waals surface area contributed by atoms with Crippen LogP contribution in [-0.4, -0.2) is 80.2 Å². The number of nitrogen functional groups attached to an aromatic ring is 1. The molecule has 4 aromatic rings. The summed E-state index contributed by atoms with van der Waals surface area (Å²) >= 11 is 0. The highest BCUT2D eigenvalue weighted by Gasteiger charge is 2.42. The van der Waals surface area contributed by atoms with Crippen molar-refractivity contribution >= 4 is 29.3 Å². The first-order valence-corrected chi connectivity index (χ1v) is 17.4. The molecule has 4 aliphatic rings. The Balaban J connectivity index is 0.872. The number of nitrogens with zero attached hydrogens (tertiary/aromatic N) is 7. The van der Waals surface area contributed by atoms with Gasteiger partial charge in [0.25, 0.3) is 0 Å². The third-order valence-electron chi connectivity index (χ3n) is 10.8. The highest BCUT2D eigenvalue weighted by molar-refractivity contribution is 6.01. The van der Waals surface area contributed by atoms with Gasteiger partial charge in [-0.3, -0.25) is 19.8 Å². The zero-order valence-corrected chi connectivity index (χ0v) is 27.7. The number of piperidine rings is 2. The molecule has 258 valence electrons. The Bertz CT molecular complexity index is 1900. The maximum absolute atomic E-state index is 15.0. The molecule has 3 unspecified atom stereocenters. The molecule has 2 aromatic heterocycles. The van der Waals surface area contributed by atoms with Gasteiger partial charge in [0.05, 0.1) is 17.3 Å². The number of phenolic OH excluding ortho intramolecular Hbond substituents is 1. The average molecular weight is 678 g/mol. The minimum atomic E-state index is -0.625. The summed E-state index contributed by atoms with van der Waals surface area (Å²) in [5.41, 5.74) is 10.7. The van der Waals surface area contributed by atoms with Crippen LogP contribution in [0.1, 0.15) is 67.1 Å². The fraction of sp³-hybridized carbons (Fsp3) is 0.405. The number of aromatic nitrogens is 4. The molecule has 2 amide bonds. The molecule has 0 radical (unpaired) electrons. The Morgan fingerprint density at radius 2 is 1.66 bits per heavy atom. The van der Waals surface area contributed by atoms with Crippen molar-refractivity contribution < 1.29 is 19.1 Å². The van der Waals surface area contributed by atoms with Gasteiger partial charge >= 0.3 is 0 Å². The second-order valence-corrected chi connectivity index (χ2v) is 13.9. The van der Waals surface area contributed by atoms with Crippen molar-refractivity contribution in [3.8, 4) is 17.0 Å². The van der Waals surface area contributed by atoms with E-state index in [-0.39, 0.29) is 30.2 Å². The number of para-hydroxylation sites is 1. The van der Waals surface area contributed by atoms with Crippen LogP contribution in [0.25, 0.3) is 11.3 Å². The smallest absolute Gasteiger partial charge is 0.234 e. The van der Waals surface area contributed by atoms with E-state index in [0.717, 1.165) is 74.6 Å². The number of imide groups is 1. The van der Waals surface area contributed by atoms with Gasteiger partial charge < -0.3 is 20.6 Å². The Morgan fingerprint density at radius 1 is 0.920 bits per heavy atom. The number of phenols is 1. The van der Waals surface area contributed by atoms with Crippen molar-refractivity contribution in [1.29, 1.82) is 0 Å². The van der Waals surface area contributed by atoms with Crippen molar-refractivity contribution in [3.05, 3.63) is 83.4 Å². The van der Waals surface area contributed by atoms with Gasteiger partial charge in [-0.15, -0.1) is 10.2 Å². The van der Waals surface area contributed by atoms with E-state index in [1.165, 1.54) is 6.07 Å². The average Bonchev–Trinajstić information content (AvgIpc) is 3.38. The lowest BCUT2D eigenvalue weighted by molar-refractivity contribution is -0.134. The van der Waals surface area contributed by atoms with E-state index in [2.05, 4.69) is 30.2 Å². The molecule has 0 saturated carbocycles. The van der Waals surface area contributed by atoms with Crippen molar-refractivity contribution in [2.24, 2.45) is 0 Å². The highest BCUT2D eigenvalue weighted by atomic mass is 19.1. The summed E-state index contributed by atoms with van der Waals surface area (Å²) < 4.78 is 15.0. The van der Waals surface area contributed by atoms with Gasteiger partial charge in [0.1, 0.15) is 11.6 Å². The molecule has 13 heteroatoms. The number of rotatable bonds is 7. The molecule has 4 N–H and O–H groups in total. The lowest BCUT2D eigenvalue weighted by Gasteiger charge is -2.42. The number of piperazine rings is 1. The summed E-state index contributed by atoms with van der Waals surface area (Å²) in [4.78, 5) is 40.4. The molecule has 8 rings (SSSR count). The number of aromatic hydroxyl groups is 1. The van der Waals surface area contributed by atoms with E-state index < -0.39 is 17.6 Å². The van der Waals surface area contributed by atoms with Crippen LogP contribution in [0.4, 0.5) is 21.8 Å². The number of carbonyl (C=O) groups excluding carboxylic acids is 2. The molecule has 2 aromatic carbocycles. The normalized spacial score (nSPS) is 22.9. The number of likely N-dealkylation sites (tertiary alicyclic amines) is 1. The minimum Gasteiger partial charge on any atom is -0.507 e. The van der Waals surface area contributed by atoms with Gasteiger partial charge in [-0.2, -0.15) is 0 Å². The topological polar surface area (TPSA) is 154 Å². The van der Waals surface area contributed by atoms with Crippen LogP contribution in [-0.2, 0) is 16.1 Å². The van der Waals surface area contributed by atoms with Gasteiger partial charge in [0, 0.05) is 61.7 Å². The highest BCUT2D eigenvalue weighted by Crippen LogP contribution is 2.38. The summed E-state index contributed by atoms with van der Waals surface area (Å²) in [6, 6.07) is 14.6. The van der Waals surface area contributed by atoms with Crippen molar-refractivity contribution in [2.45, 2.75) is 69.0 Å². The number of fused-ring (bicyclic) bond motifs is 2. The third-order valence-corrected chi connectivity index (χ3v) is 10.8. The number of nitrogens with one attached hydrogen (secondary N) is 1. The number of halogens is 1. The molecule has 4 aliphatic heterocycles. The summed E-state index contributed by atoms with van der Waals surface area (Å²) in [7, 11) is 0. The molecule has 3 atom stereocenters. The van der Waals surface area contributed by atoms with Crippen LogP contribution in [0.3, 0.4) is 0 Å². The van der Waals surface area contributed by atoms with Crippen molar-refractivity contribution in [3.63, 3.8) is 0 Å². The fourth-order valence-electron chi connectivity index (χ4n) is 8.19. The fourth-order valence-corrected chi connectivity index (χ4v) is 8.19. The van der Waals surface area contributed by atoms with Crippen LogP contribution < -0.4 is 20.9 Å². The number of amides is 2. The number of nitrogens with two attached hydrogens (primary N) is 1. The first-order chi connectivity index (χ1) is 24.3. The van der Waals surface area contributed by atoms with Gasteiger partial charge in [0.2, 0.25) is 17.8 Å². The number of hydrogen-bond donors (Lipinski definition) is 3. The molecule has 4 fully saturated rings. The lowest BCUT2D eigenvalue weighted by Crippen LogP contribution is -2.54. The maximum Gasteiger partial charge on any atom is 0.234 e. The van der Waals surface area contributed by atoms with Crippen LogP contribution in [0.2, 0.25) is 0 Å².